The van der Waals surface area contributed by atoms with Crippen molar-refractivity contribution in [3.8, 4) is 23.0 Å². The van der Waals surface area contributed by atoms with E-state index in [4.69, 9.17) is 38.4 Å². The normalized spacial score (nSPS) is 23.2. The van der Waals surface area contributed by atoms with Gasteiger partial charge in [0.15, 0.2) is 0 Å². The van der Waals surface area contributed by atoms with Crippen molar-refractivity contribution in [3.05, 3.63) is 78.9 Å². The van der Waals surface area contributed by atoms with Gasteiger partial charge in [0.25, 0.3) is 0 Å². The fourth-order valence-electron chi connectivity index (χ4n) is 8.93. The first-order valence-corrected chi connectivity index (χ1v) is 21.2. The van der Waals surface area contributed by atoms with Crippen molar-refractivity contribution in [1.82, 2.24) is 4.90 Å². The number of carbonyl (C=O) groups is 2. The second-order valence-electron chi connectivity index (χ2n) is 15.2. The van der Waals surface area contributed by atoms with Crippen LogP contribution in [0.2, 0.25) is 0 Å². The van der Waals surface area contributed by atoms with Crippen LogP contribution in [-0.2, 0) is 14.3 Å². The summed E-state index contributed by atoms with van der Waals surface area (Å²) in [5.74, 6) is -0.467. The molecular weight excluding hydrogens is 771 g/mol. The minimum absolute atomic E-state index is 0.0164. The van der Waals surface area contributed by atoms with Crippen LogP contribution in [0.15, 0.2) is 78.5 Å². The molecule has 1 heterocycles. The number of fused-ring (bicyclic) bond motifs is 2. The number of methoxy groups -OCH3 is 2. The van der Waals surface area contributed by atoms with Crippen molar-refractivity contribution >= 4 is 23.6 Å². The number of anilines is 1. The van der Waals surface area contributed by atoms with Gasteiger partial charge in [-0.2, -0.15) is 0 Å². The Morgan fingerprint density at radius 3 is 2.45 bits per heavy atom. The molecule has 1 saturated carbocycles. The fraction of sp³-hybridized carbons (Fsp3) is 0.543. The standard InChI is InChI=1S/C46H63N3O11/c1-7-11-26-56-45(53)49(22-8-2)41-30-38(48-58-10-4)35-27-31(16-12-14-23-50)34(17-13-15-24-51)42-36-28-33(19-21-39(36)60-46(41,43(35)42)57-25-9-3)59-44(52)47-37-20-18-32(54-5)29-40(37)55-6/h7,9,18-21,27-29,31,34,41-43,50-51H,1,3,8,10-17,22-26,30H2,2,4-6H3,(H,47,52)/t31-,34+,41-,42+,43+,46+/m0/s1. The number of unbranched alkanes of at least 4 members (excludes halogenated alkanes) is 2. The number of carbonyl (C=O) groups excluding carboxylic acids is 2. The molecule has 2 aromatic rings. The Morgan fingerprint density at radius 1 is 1.00 bits per heavy atom. The Morgan fingerprint density at radius 2 is 1.77 bits per heavy atom. The van der Waals surface area contributed by atoms with Crippen LogP contribution in [0.4, 0.5) is 15.3 Å². The molecule has 0 aromatic heterocycles. The first kappa shape index (κ1) is 46.0. The smallest absolute Gasteiger partial charge is 0.417 e. The van der Waals surface area contributed by atoms with Crippen molar-refractivity contribution in [2.75, 3.05) is 59.1 Å². The van der Waals surface area contributed by atoms with Gasteiger partial charge >= 0.3 is 12.2 Å². The van der Waals surface area contributed by atoms with Gasteiger partial charge in [0.05, 0.1) is 44.8 Å². The molecule has 3 aliphatic rings. The number of allylic oxidation sites excluding steroid dienone is 1. The predicted octanol–water partition coefficient (Wildman–Crippen LogP) is 8.39. The molecule has 0 saturated heterocycles. The van der Waals surface area contributed by atoms with Gasteiger partial charge in [-0.15, -0.1) is 13.2 Å². The molecule has 2 amide bonds. The molecule has 5 rings (SSSR count). The van der Waals surface area contributed by atoms with E-state index in [2.05, 4.69) is 24.6 Å². The zero-order chi connectivity index (χ0) is 43.1. The maximum atomic E-state index is 14.1. The molecule has 1 fully saturated rings. The summed E-state index contributed by atoms with van der Waals surface area (Å²) in [5, 5.41) is 27.2. The first-order chi connectivity index (χ1) is 29.2. The van der Waals surface area contributed by atoms with Crippen molar-refractivity contribution < 1.29 is 53.1 Å². The van der Waals surface area contributed by atoms with Gasteiger partial charge in [-0.1, -0.05) is 43.1 Å². The van der Waals surface area contributed by atoms with Gasteiger partial charge in [-0.3, -0.25) is 10.2 Å². The van der Waals surface area contributed by atoms with E-state index in [0.29, 0.717) is 67.5 Å². The summed E-state index contributed by atoms with van der Waals surface area (Å²) < 4.78 is 36.7. The molecule has 14 nitrogen and oxygen atoms in total. The van der Waals surface area contributed by atoms with E-state index in [1.807, 2.05) is 19.9 Å². The summed E-state index contributed by atoms with van der Waals surface area (Å²) in [5.41, 5.74) is 2.80. The van der Waals surface area contributed by atoms with Crippen LogP contribution in [-0.4, -0.2) is 98.6 Å². The molecule has 328 valence electrons. The molecule has 2 aliphatic carbocycles. The van der Waals surface area contributed by atoms with Gasteiger partial charge in [-0.25, -0.2) is 9.59 Å². The fourth-order valence-corrected chi connectivity index (χ4v) is 8.93. The van der Waals surface area contributed by atoms with E-state index in [9.17, 15) is 19.8 Å². The van der Waals surface area contributed by atoms with E-state index < -0.39 is 29.9 Å². The van der Waals surface area contributed by atoms with E-state index in [-0.39, 0.29) is 56.4 Å². The highest BCUT2D eigenvalue weighted by Crippen LogP contribution is 2.62. The molecule has 0 spiro atoms. The van der Waals surface area contributed by atoms with Crippen LogP contribution in [0.5, 0.6) is 23.0 Å². The molecule has 14 heteroatoms. The predicted molar refractivity (Wildman–Crippen MR) is 229 cm³/mol. The molecule has 2 aromatic carbocycles. The van der Waals surface area contributed by atoms with Crippen LogP contribution >= 0.6 is 0 Å². The minimum Gasteiger partial charge on any atom is -0.497 e. The third kappa shape index (κ3) is 10.4. The molecule has 0 radical (unpaired) electrons. The highest BCUT2D eigenvalue weighted by molar-refractivity contribution is 6.03. The summed E-state index contributed by atoms with van der Waals surface area (Å²) >= 11 is 0. The van der Waals surface area contributed by atoms with Crippen LogP contribution in [0.25, 0.3) is 0 Å². The van der Waals surface area contributed by atoms with Crippen molar-refractivity contribution in [2.45, 2.75) is 89.4 Å². The third-order valence-electron chi connectivity index (χ3n) is 11.4. The van der Waals surface area contributed by atoms with Crippen molar-refractivity contribution in [1.29, 1.82) is 0 Å². The van der Waals surface area contributed by atoms with Crippen LogP contribution in [0.3, 0.4) is 0 Å². The largest absolute Gasteiger partial charge is 0.497 e. The molecule has 0 unspecified atom stereocenters. The molecule has 6 atom stereocenters. The van der Waals surface area contributed by atoms with Crippen molar-refractivity contribution in [3.63, 3.8) is 0 Å². The monoisotopic (exact) mass is 833 g/mol. The quantitative estimate of drug-likeness (QED) is 0.0559. The summed E-state index contributed by atoms with van der Waals surface area (Å²) in [4.78, 5) is 35.1. The van der Waals surface area contributed by atoms with E-state index in [1.54, 1.807) is 54.5 Å². The number of amides is 2. The molecule has 60 heavy (non-hydrogen) atoms. The lowest BCUT2D eigenvalue weighted by Crippen LogP contribution is -2.70. The number of hydrogen-bond acceptors (Lipinski definition) is 12. The lowest BCUT2D eigenvalue weighted by molar-refractivity contribution is -0.255. The van der Waals surface area contributed by atoms with Gasteiger partial charge in [-0.05, 0) is 93.2 Å². The van der Waals surface area contributed by atoms with Crippen LogP contribution in [0, 0.1) is 17.8 Å². The summed E-state index contributed by atoms with van der Waals surface area (Å²) in [6, 6.07) is 9.65. The SMILES string of the molecule is C=CCCOC(=O)N(CCC)[C@H]1CC(=NOCC)C2=C[C@H](CCCCO)[C@@H](CCCCO)[C@@H]3c4cc(OC(=O)Nc5ccc(OC)cc5OC)ccc4O[C@@]1(OCC=C)[C@H]23. The number of hydrogen-bond donors (Lipinski definition) is 3. The topological polar surface area (TPSA) is 167 Å². The maximum absolute atomic E-state index is 14.1. The first-order valence-electron chi connectivity index (χ1n) is 21.2. The number of oxime groups is 1. The Bertz CT molecular complexity index is 1830. The van der Waals surface area contributed by atoms with E-state index in [1.165, 1.54) is 7.11 Å². The summed E-state index contributed by atoms with van der Waals surface area (Å²) in [6.45, 7) is 12.8. The average molecular weight is 834 g/mol. The Kier molecular flexibility index (Phi) is 17.3. The number of rotatable bonds is 23. The Balaban J connectivity index is 1.70. The number of ether oxygens (including phenoxy) is 6. The van der Waals surface area contributed by atoms with Crippen LogP contribution < -0.4 is 24.3 Å². The summed E-state index contributed by atoms with van der Waals surface area (Å²) in [6.07, 6.45) is 10.2. The van der Waals surface area contributed by atoms with Crippen LogP contribution in [0.1, 0.15) is 83.1 Å². The lowest BCUT2D eigenvalue weighted by Gasteiger charge is -2.59. The third-order valence-corrected chi connectivity index (χ3v) is 11.4. The number of aliphatic hydroxyl groups is 2. The number of aliphatic hydroxyl groups excluding tert-OH is 2. The minimum atomic E-state index is -1.44. The zero-order valence-electron chi connectivity index (χ0n) is 35.6. The van der Waals surface area contributed by atoms with Gasteiger partial charge in [0.2, 0.25) is 5.79 Å². The summed E-state index contributed by atoms with van der Waals surface area (Å²) in [7, 11) is 3.05. The molecular formula is C46H63N3O11. The Labute approximate surface area is 354 Å². The Hall–Kier alpha value is -5.05. The molecule has 1 aliphatic heterocycles. The van der Waals surface area contributed by atoms with Crippen molar-refractivity contribution in [2.24, 2.45) is 22.9 Å². The van der Waals surface area contributed by atoms with E-state index in [0.717, 1.165) is 36.8 Å². The maximum Gasteiger partial charge on any atom is 0.417 e. The average Bonchev–Trinajstić information content (AvgIpc) is 3.25. The molecule has 3 N–H and O–H groups in total. The second kappa shape index (κ2) is 22.5. The number of nitrogens with one attached hydrogen (secondary N) is 1. The van der Waals surface area contributed by atoms with Gasteiger partial charge in [0.1, 0.15) is 35.6 Å². The highest BCUT2D eigenvalue weighted by atomic mass is 16.7. The lowest BCUT2D eigenvalue weighted by atomic mass is 9.55. The zero-order valence-corrected chi connectivity index (χ0v) is 35.6. The number of benzene rings is 2. The number of nitrogens with zero attached hydrogens (tertiary/aromatic N) is 2. The molecule has 0 bridgehead atoms. The second-order valence-corrected chi connectivity index (χ2v) is 15.2. The van der Waals surface area contributed by atoms with Gasteiger partial charge < -0.3 is 43.5 Å². The van der Waals surface area contributed by atoms with E-state index >= 15 is 0 Å². The van der Waals surface area contributed by atoms with Gasteiger partial charge in [0, 0.05) is 43.7 Å². The highest BCUT2D eigenvalue weighted by Gasteiger charge is 2.65.